The summed E-state index contributed by atoms with van der Waals surface area (Å²) in [6.45, 7) is 0. The number of carbonyl (C=O) groups excluding carboxylic acids is 1. The van der Waals surface area contributed by atoms with Crippen molar-refractivity contribution in [3.05, 3.63) is 0 Å². The molecule has 13 heavy (non-hydrogen) atoms. The number of hydrogen-bond acceptors (Lipinski definition) is 4. The Hall–Kier alpha value is -0.231. The van der Waals surface area contributed by atoms with Gasteiger partial charge in [-0.15, -0.1) is 0 Å². The van der Waals surface area contributed by atoms with Crippen molar-refractivity contribution in [3.63, 3.8) is 0 Å². The molecule has 1 aliphatic rings. The van der Waals surface area contributed by atoms with E-state index in [0.29, 0.717) is 11.1 Å². The van der Waals surface area contributed by atoms with Crippen LogP contribution in [0.15, 0.2) is 0 Å². The molecule has 5 nitrogen and oxygen atoms in total. The number of carbonyl (C=O) groups is 2. The first-order chi connectivity index (χ1) is 6.11. The Morgan fingerprint density at radius 3 is 3.08 bits per heavy atom. The third-order valence-corrected chi connectivity index (χ3v) is 5.80. The van der Waals surface area contributed by atoms with Gasteiger partial charge < -0.3 is 0 Å². The van der Waals surface area contributed by atoms with Crippen molar-refractivity contribution in [1.29, 1.82) is 0 Å². The number of rotatable bonds is 1. The maximum absolute atomic E-state index is 11.2. The van der Waals surface area contributed by atoms with Crippen LogP contribution in [0.1, 0.15) is 0 Å². The molecule has 1 aliphatic heterocycles. The summed E-state index contributed by atoms with van der Waals surface area (Å²) in [7, 11) is 1.56. The Kier molecular flexibility index (Phi) is 4.05. The van der Waals surface area contributed by atoms with Gasteiger partial charge in [0.2, 0.25) is 0 Å². The number of nitrogens with two attached hydrogens (primary N) is 1. The molecule has 1 amide bonds. The zero-order chi connectivity index (χ0) is 9.84. The molecule has 1 heterocycles. The molecular formula is C6H10N2O3SSe. The monoisotopic (exact) mass is 270 g/mol. The first-order valence-electron chi connectivity index (χ1n) is 3.64. The van der Waals surface area contributed by atoms with Crippen molar-refractivity contribution in [2.24, 2.45) is 5.73 Å². The van der Waals surface area contributed by atoms with Crippen LogP contribution in [0.3, 0.4) is 0 Å². The number of hydrogen-bond donors (Lipinski definition) is 3. The molecule has 0 radical (unpaired) electrons. The van der Waals surface area contributed by atoms with E-state index < -0.39 is 18.1 Å². The van der Waals surface area contributed by atoms with Crippen LogP contribution in [0.25, 0.3) is 0 Å². The fourth-order valence-electron chi connectivity index (χ4n) is 0.767. The molecule has 0 bridgehead atoms. The van der Waals surface area contributed by atoms with E-state index in [4.69, 9.17) is 10.8 Å². The van der Waals surface area contributed by atoms with E-state index in [1.807, 2.05) is 0 Å². The van der Waals surface area contributed by atoms with Crippen LogP contribution >= 0.6 is 10.2 Å². The van der Waals surface area contributed by atoms with Crippen molar-refractivity contribution >= 4 is 35.9 Å². The summed E-state index contributed by atoms with van der Waals surface area (Å²) in [5.74, 6) is -0.909. The Bertz CT molecular complexity index is 226. The van der Waals surface area contributed by atoms with Gasteiger partial charge in [-0.1, -0.05) is 0 Å². The third-order valence-electron chi connectivity index (χ3n) is 1.52. The quantitative estimate of drug-likeness (QED) is 0.513. The maximum atomic E-state index is 11.2. The van der Waals surface area contributed by atoms with Crippen molar-refractivity contribution in [3.8, 4) is 0 Å². The molecule has 0 aromatic rings. The van der Waals surface area contributed by atoms with E-state index in [9.17, 15) is 9.59 Å². The van der Waals surface area contributed by atoms with E-state index in [1.54, 1.807) is 10.2 Å². The summed E-state index contributed by atoms with van der Waals surface area (Å²) in [6.07, 6.45) is 0. The first-order valence-corrected chi connectivity index (χ1v) is 7.86. The van der Waals surface area contributed by atoms with Gasteiger partial charge in [0.15, 0.2) is 0 Å². The van der Waals surface area contributed by atoms with Crippen molar-refractivity contribution in [1.82, 2.24) is 5.32 Å². The predicted molar refractivity (Wildman–Crippen MR) is 50.6 cm³/mol. The molecule has 0 saturated carbocycles. The van der Waals surface area contributed by atoms with Crippen LogP contribution in [-0.4, -0.2) is 48.7 Å². The Labute approximate surface area is 85.0 Å². The van der Waals surface area contributed by atoms with Crippen LogP contribution < -0.4 is 11.1 Å². The van der Waals surface area contributed by atoms with Gasteiger partial charge in [-0.05, 0) is 0 Å². The Morgan fingerprint density at radius 2 is 2.46 bits per heavy atom. The van der Waals surface area contributed by atoms with Gasteiger partial charge >= 0.3 is 84.8 Å². The fraction of sp³-hybridized carbons (Fsp3) is 0.667. The number of carboxylic acid groups (broad SMARTS) is 1. The normalized spacial score (nSPS) is 30.1. The fourth-order valence-corrected chi connectivity index (χ4v) is 4.78. The van der Waals surface area contributed by atoms with Crippen LogP contribution in [-0.2, 0) is 9.59 Å². The molecule has 7 heteroatoms. The Morgan fingerprint density at radius 1 is 1.77 bits per heavy atom. The van der Waals surface area contributed by atoms with Gasteiger partial charge in [0.05, 0.1) is 0 Å². The predicted octanol–water partition coefficient (Wildman–Crippen LogP) is -1.33. The molecule has 0 aromatic carbocycles. The van der Waals surface area contributed by atoms with Crippen molar-refractivity contribution in [2.75, 3.05) is 5.75 Å². The molecule has 0 aromatic heterocycles. The molecule has 1 rings (SSSR count). The standard InChI is InChI=1S/C6H10N2O3SSe/c7-3-2-13-12-1-4(6(10)11)8-5(3)9/h3-4H,1-2,7H2,(H,8,9)(H,10,11)/t3-,4-/m0/s1. The Balaban J connectivity index is 2.58. The first kappa shape index (κ1) is 10.8. The van der Waals surface area contributed by atoms with Crippen LogP contribution in [0, 0.1) is 0 Å². The van der Waals surface area contributed by atoms with Gasteiger partial charge in [0.25, 0.3) is 0 Å². The number of nitrogens with one attached hydrogen (secondary N) is 1. The second-order valence-electron chi connectivity index (χ2n) is 2.57. The van der Waals surface area contributed by atoms with Crippen LogP contribution in [0.5, 0.6) is 0 Å². The van der Waals surface area contributed by atoms with E-state index in [1.165, 1.54) is 0 Å². The second-order valence-corrected chi connectivity index (χ2v) is 7.05. The molecular weight excluding hydrogens is 259 g/mol. The van der Waals surface area contributed by atoms with Gasteiger partial charge in [0.1, 0.15) is 0 Å². The van der Waals surface area contributed by atoms with Gasteiger partial charge in [-0.2, -0.15) is 0 Å². The summed E-state index contributed by atoms with van der Waals surface area (Å²) in [4.78, 5) is 21.8. The minimum atomic E-state index is -0.995. The zero-order valence-electron chi connectivity index (χ0n) is 6.73. The van der Waals surface area contributed by atoms with E-state index in [0.717, 1.165) is 0 Å². The molecule has 4 N–H and O–H groups in total. The average molecular weight is 269 g/mol. The third kappa shape index (κ3) is 3.19. The number of amides is 1. The molecule has 1 saturated heterocycles. The topological polar surface area (TPSA) is 92.4 Å². The zero-order valence-corrected chi connectivity index (χ0v) is 9.26. The van der Waals surface area contributed by atoms with Crippen LogP contribution in [0.2, 0.25) is 5.32 Å². The van der Waals surface area contributed by atoms with E-state index in [-0.39, 0.29) is 19.7 Å². The van der Waals surface area contributed by atoms with Gasteiger partial charge in [-0.3, -0.25) is 0 Å². The summed E-state index contributed by atoms with van der Waals surface area (Å²) in [6, 6.07) is -1.33. The minimum absolute atomic E-state index is 0.213. The second kappa shape index (κ2) is 4.85. The summed E-state index contributed by atoms with van der Waals surface area (Å²) in [5.41, 5.74) is 5.51. The van der Waals surface area contributed by atoms with Crippen molar-refractivity contribution in [2.45, 2.75) is 17.4 Å². The van der Waals surface area contributed by atoms with E-state index >= 15 is 0 Å². The SMILES string of the molecule is N[C@H]1C[Se]SC[C@@H](C(=O)O)NC1=O. The average Bonchev–Trinajstić information content (AvgIpc) is 2.06. The summed E-state index contributed by atoms with van der Waals surface area (Å²) >= 11 is 0.213. The number of aliphatic carboxylic acids is 1. The van der Waals surface area contributed by atoms with Crippen molar-refractivity contribution < 1.29 is 14.7 Å². The summed E-state index contributed by atoms with van der Waals surface area (Å²) < 4.78 is 0. The molecule has 0 spiro atoms. The van der Waals surface area contributed by atoms with E-state index in [2.05, 4.69) is 5.32 Å². The molecule has 1 fully saturated rings. The molecule has 74 valence electrons. The summed E-state index contributed by atoms with van der Waals surface area (Å²) in [5, 5.41) is 11.8. The molecule has 0 aliphatic carbocycles. The molecule has 2 atom stereocenters. The van der Waals surface area contributed by atoms with Crippen LogP contribution in [0.4, 0.5) is 0 Å². The van der Waals surface area contributed by atoms with Gasteiger partial charge in [-0.25, -0.2) is 0 Å². The number of carboxylic acids is 1. The van der Waals surface area contributed by atoms with Gasteiger partial charge in [0, 0.05) is 0 Å². The molecule has 0 unspecified atom stereocenters.